The predicted molar refractivity (Wildman–Crippen MR) is 73.7 cm³/mol. The van der Waals surface area contributed by atoms with Crippen LogP contribution in [0, 0.1) is 0 Å². The molecule has 1 aliphatic heterocycles. The Morgan fingerprint density at radius 2 is 2.12 bits per heavy atom. The van der Waals surface area contributed by atoms with Crippen molar-refractivity contribution in [1.82, 2.24) is 4.90 Å². The standard InChI is InChI=1S/C13H25NO2S/c1-13(2,3)16-12(15)14-9-5-4-7-11(14)8-6-10-17/h11,17H,4-10H2,1-3H3/t11-/m1/s1. The van der Waals surface area contributed by atoms with E-state index in [2.05, 4.69) is 12.6 Å². The number of nitrogens with zero attached hydrogens (tertiary/aromatic N) is 1. The number of carbonyl (C=O) groups is 1. The Hall–Kier alpha value is -0.380. The molecule has 0 aromatic heterocycles. The molecule has 0 aromatic carbocycles. The van der Waals surface area contributed by atoms with Crippen LogP contribution in [0.5, 0.6) is 0 Å². The fourth-order valence-electron chi connectivity index (χ4n) is 2.19. The predicted octanol–water partition coefficient (Wildman–Crippen LogP) is 3.49. The molecule has 0 aliphatic carbocycles. The van der Waals surface area contributed by atoms with Crippen LogP contribution in [0.1, 0.15) is 52.9 Å². The highest BCUT2D eigenvalue weighted by atomic mass is 32.1. The van der Waals surface area contributed by atoms with Gasteiger partial charge in [0.25, 0.3) is 0 Å². The van der Waals surface area contributed by atoms with Crippen LogP contribution >= 0.6 is 12.6 Å². The van der Waals surface area contributed by atoms with E-state index in [4.69, 9.17) is 4.74 Å². The Morgan fingerprint density at radius 3 is 2.71 bits per heavy atom. The minimum absolute atomic E-state index is 0.152. The summed E-state index contributed by atoms with van der Waals surface area (Å²) in [5, 5.41) is 0. The summed E-state index contributed by atoms with van der Waals surface area (Å²) in [6.07, 6.45) is 5.37. The van der Waals surface area contributed by atoms with E-state index in [0.29, 0.717) is 6.04 Å². The minimum atomic E-state index is -0.400. The monoisotopic (exact) mass is 259 g/mol. The molecular weight excluding hydrogens is 234 g/mol. The molecule has 1 fully saturated rings. The van der Waals surface area contributed by atoms with Crippen LogP contribution in [0.2, 0.25) is 0 Å². The van der Waals surface area contributed by atoms with Crippen molar-refractivity contribution in [3.05, 3.63) is 0 Å². The number of amides is 1. The van der Waals surface area contributed by atoms with Crippen molar-refractivity contribution in [1.29, 1.82) is 0 Å². The third-order valence-corrected chi connectivity index (χ3v) is 3.27. The zero-order valence-corrected chi connectivity index (χ0v) is 12.1. The first-order valence-electron chi connectivity index (χ1n) is 6.54. The van der Waals surface area contributed by atoms with Crippen LogP contribution in [0.4, 0.5) is 4.79 Å². The molecule has 0 saturated carbocycles. The largest absolute Gasteiger partial charge is 0.444 e. The average Bonchev–Trinajstić information content (AvgIpc) is 2.24. The summed E-state index contributed by atoms with van der Waals surface area (Å²) in [4.78, 5) is 14.0. The zero-order chi connectivity index (χ0) is 12.9. The maximum atomic E-state index is 12.1. The van der Waals surface area contributed by atoms with Crippen molar-refractivity contribution in [2.75, 3.05) is 12.3 Å². The van der Waals surface area contributed by atoms with Gasteiger partial charge in [-0.15, -0.1) is 0 Å². The number of likely N-dealkylation sites (tertiary alicyclic amines) is 1. The smallest absolute Gasteiger partial charge is 0.410 e. The lowest BCUT2D eigenvalue weighted by atomic mass is 9.99. The van der Waals surface area contributed by atoms with Gasteiger partial charge < -0.3 is 9.64 Å². The molecule has 1 rings (SSSR count). The van der Waals surface area contributed by atoms with Gasteiger partial charge in [-0.3, -0.25) is 0 Å². The van der Waals surface area contributed by atoms with Gasteiger partial charge >= 0.3 is 6.09 Å². The van der Waals surface area contributed by atoms with E-state index < -0.39 is 5.60 Å². The first-order valence-corrected chi connectivity index (χ1v) is 7.18. The molecule has 0 bridgehead atoms. The fourth-order valence-corrected chi connectivity index (χ4v) is 2.37. The van der Waals surface area contributed by atoms with E-state index in [-0.39, 0.29) is 6.09 Å². The van der Waals surface area contributed by atoms with Gasteiger partial charge in [-0.05, 0) is 58.6 Å². The van der Waals surface area contributed by atoms with Crippen molar-refractivity contribution in [3.8, 4) is 0 Å². The van der Waals surface area contributed by atoms with Crippen LogP contribution in [0.15, 0.2) is 0 Å². The summed E-state index contributed by atoms with van der Waals surface area (Å²) in [6.45, 7) is 6.58. The van der Waals surface area contributed by atoms with Gasteiger partial charge in [-0.2, -0.15) is 12.6 Å². The highest BCUT2D eigenvalue weighted by Gasteiger charge is 2.29. The molecule has 0 unspecified atom stereocenters. The second kappa shape index (κ2) is 6.53. The lowest BCUT2D eigenvalue weighted by Gasteiger charge is -2.36. The molecular formula is C13H25NO2S. The van der Waals surface area contributed by atoms with E-state index in [1.54, 1.807) is 0 Å². The van der Waals surface area contributed by atoms with Crippen molar-refractivity contribution >= 4 is 18.7 Å². The third kappa shape index (κ3) is 5.19. The molecule has 100 valence electrons. The lowest BCUT2D eigenvalue weighted by molar-refractivity contribution is 0.00884. The van der Waals surface area contributed by atoms with Gasteiger partial charge in [-0.1, -0.05) is 0 Å². The number of hydrogen-bond acceptors (Lipinski definition) is 3. The van der Waals surface area contributed by atoms with Crippen molar-refractivity contribution in [3.63, 3.8) is 0 Å². The molecule has 1 saturated heterocycles. The number of carbonyl (C=O) groups excluding carboxylic acids is 1. The van der Waals surface area contributed by atoms with E-state index in [9.17, 15) is 4.79 Å². The Kier molecular flexibility index (Phi) is 5.63. The lowest BCUT2D eigenvalue weighted by Crippen LogP contribution is -2.46. The summed E-state index contributed by atoms with van der Waals surface area (Å²) in [5.74, 6) is 0.888. The highest BCUT2D eigenvalue weighted by molar-refractivity contribution is 7.80. The summed E-state index contributed by atoms with van der Waals surface area (Å²) in [6, 6.07) is 0.353. The van der Waals surface area contributed by atoms with Crippen molar-refractivity contribution < 1.29 is 9.53 Å². The number of piperidine rings is 1. The first-order chi connectivity index (χ1) is 7.94. The average molecular weight is 259 g/mol. The molecule has 0 aromatic rings. The normalized spacial score (nSPS) is 21.4. The molecule has 1 aliphatic rings. The van der Waals surface area contributed by atoms with Gasteiger partial charge in [0, 0.05) is 12.6 Å². The number of thiol groups is 1. The molecule has 1 amide bonds. The Labute approximate surface area is 110 Å². The van der Waals surface area contributed by atoms with Gasteiger partial charge in [0.2, 0.25) is 0 Å². The number of hydrogen-bond donors (Lipinski definition) is 1. The molecule has 0 radical (unpaired) electrons. The van der Waals surface area contributed by atoms with Crippen LogP contribution in [-0.2, 0) is 4.74 Å². The van der Waals surface area contributed by atoms with Crippen molar-refractivity contribution in [2.45, 2.75) is 64.5 Å². The van der Waals surface area contributed by atoms with E-state index in [1.165, 1.54) is 6.42 Å². The fraction of sp³-hybridized carbons (Fsp3) is 0.923. The van der Waals surface area contributed by atoms with Gasteiger partial charge in [-0.25, -0.2) is 4.79 Å². The highest BCUT2D eigenvalue weighted by Crippen LogP contribution is 2.23. The third-order valence-electron chi connectivity index (χ3n) is 2.95. The van der Waals surface area contributed by atoms with E-state index in [0.717, 1.165) is 38.0 Å². The topological polar surface area (TPSA) is 29.5 Å². The van der Waals surface area contributed by atoms with Gasteiger partial charge in [0.1, 0.15) is 5.60 Å². The zero-order valence-electron chi connectivity index (χ0n) is 11.2. The molecule has 4 heteroatoms. The maximum absolute atomic E-state index is 12.1. The SMILES string of the molecule is CC(C)(C)OC(=O)N1CCCC[C@@H]1CCCS. The summed E-state index contributed by atoms with van der Waals surface area (Å²) in [5.41, 5.74) is -0.400. The van der Waals surface area contributed by atoms with E-state index >= 15 is 0 Å². The molecule has 3 nitrogen and oxygen atoms in total. The Balaban J connectivity index is 2.54. The van der Waals surface area contributed by atoms with E-state index in [1.807, 2.05) is 25.7 Å². The van der Waals surface area contributed by atoms with Crippen LogP contribution < -0.4 is 0 Å². The molecule has 0 spiro atoms. The van der Waals surface area contributed by atoms with Gasteiger partial charge in [0.05, 0.1) is 0 Å². The van der Waals surface area contributed by atoms with Crippen LogP contribution in [0.3, 0.4) is 0 Å². The van der Waals surface area contributed by atoms with Gasteiger partial charge in [0.15, 0.2) is 0 Å². The van der Waals surface area contributed by atoms with Crippen molar-refractivity contribution in [2.24, 2.45) is 0 Å². The first kappa shape index (κ1) is 14.7. The van der Waals surface area contributed by atoms with Crippen LogP contribution in [-0.4, -0.2) is 34.9 Å². The minimum Gasteiger partial charge on any atom is -0.444 e. The summed E-state index contributed by atoms with van der Waals surface area (Å²) >= 11 is 4.24. The second-order valence-electron chi connectivity index (χ2n) is 5.69. The number of rotatable bonds is 3. The Morgan fingerprint density at radius 1 is 1.41 bits per heavy atom. The summed E-state index contributed by atoms with van der Waals surface area (Å²) in [7, 11) is 0. The molecule has 0 N–H and O–H groups in total. The quantitative estimate of drug-likeness (QED) is 0.786. The maximum Gasteiger partial charge on any atom is 0.410 e. The number of ether oxygens (including phenoxy) is 1. The molecule has 1 atom stereocenters. The Bertz CT molecular complexity index is 250. The summed E-state index contributed by atoms with van der Waals surface area (Å²) < 4.78 is 5.46. The van der Waals surface area contributed by atoms with Crippen LogP contribution in [0.25, 0.3) is 0 Å². The second-order valence-corrected chi connectivity index (χ2v) is 6.14. The molecule has 17 heavy (non-hydrogen) atoms. The molecule has 1 heterocycles.